The number of likely N-dealkylation sites (tertiary alicyclic amines) is 1. The van der Waals surface area contributed by atoms with Crippen molar-refractivity contribution in [3.05, 3.63) is 77.9 Å². The Labute approximate surface area is 242 Å². The minimum atomic E-state index is -4.04. The number of fused-ring (bicyclic) bond motifs is 1. The van der Waals surface area contributed by atoms with Gasteiger partial charge in [0.05, 0.1) is 23.1 Å². The summed E-state index contributed by atoms with van der Waals surface area (Å²) in [5.74, 6) is -0.613. The Morgan fingerprint density at radius 3 is 2.24 bits per heavy atom. The van der Waals surface area contributed by atoms with Crippen molar-refractivity contribution in [1.29, 1.82) is 5.26 Å². The number of sulfonamides is 1. The molecule has 10 heteroatoms. The van der Waals surface area contributed by atoms with Gasteiger partial charge in [0.1, 0.15) is 6.04 Å². The Hall–Kier alpha value is -3.94. The van der Waals surface area contributed by atoms with Crippen molar-refractivity contribution in [2.45, 2.75) is 63.4 Å². The van der Waals surface area contributed by atoms with Crippen LogP contribution >= 0.6 is 0 Å². The van der Waals surface area contributed by atoms with Crippen LogP contribution < -0.4 is 10.1 Å². The summed E-state index contributed by atoms with van der Waals surface area (Å²) in [6, 6.07) is 19.7. The Kier molecular flexibility index (Phi) is 9.97. The lowest BCUT2D eigenvalue weighted by molar-refractivity contribution is -0.127. The van der Waals surface area contributed by atoms with Gasteiger partial charge in [-0.25, -0.2) is 18.2 Å². The molecule has 1 atom stereocenters. The van der Waals surface area contributed by atoms with Gasteiger partial charge in [-0.2, -0.15) is 9.98 Å². The van der Waals surface area contributed by atoms with Gasteiger partial charge in [-0.15, -0.1) is 0 Å². The minimum absolute atomic E-state index is 0.00154. The highest BCUT2D eigenvalue weighted by Crippen LogP contribution is 2.20. The molecule has 1 aliphatic rings. The minimum Gasteiger partial charge on any atom is -0.323 e. The first kappa shape index (κ1) is 30.0. The molecular formula is C31H37N5O4S. The third-order valence-corrected chi connectivity index (χ3v) is 8.60. The number of nitrogens with zero attached hydrogens (tertiary/aromatic N) is 3. The molecule has 1 unspecified atom stereocenters. The Morgan fingerprint density at radius 2 is 1.61 bits per heavy atom. The summed E-state index contributed by atoms with van der Waals surface area (Å²) in [5.41, 5.74) is 3.95. The van der Waals surface area contributed by atoms with Gasteiger partial charge in [0, 0.05) is 13.1 Å². The van der Waals surface area contributed by atoms with E-state index in [4.69, 9.17) is 5.26 Å². The summed E-state index contributed by atoms with van der Waals surface area (Å²) in [4.78, 5) is 29.1. The number of hydrogen-bond donors (Lipinski definition) is 2. The average molecular weight is 576 g/mol. The lowest BCUT2D eigenvalue weighted by Gasteiger charge is -2.31. The Morgan fingerprint density at radius 1 is 0.951 bits per heavy atom. The largest absolute Gasteiger partial charge is 0.339 e. The van der Waals surface area contributed by atoms with Gasteiger partial charge >= 0.3 is 6.03 Å². The zero-order valence-corrected chi connectivity index (χ0v) is 24.4. The third kappa shape index (κ3) is 8.06. The summed E-state index contributed by atoms with van der Waals surface area (Å²) in [6.07, 6.45) is 4.08. The first-order valence-corrected chi connectivity index (χ1v) is 15.5. The highest BCUT2D eigenvalue weighted by Gasteiger charge is 2.30. The quantitative estimate of drug-likeness (QED) is 0.369. The van der Waals surface area contributed by atoms with Crippen LogP contribution in [-0.2, 0) is 21.4 Å². The van der Waals surface area contributed by atoms with Gasteiger partial charge in [0.15, 0.2) is 0 Å². The molecule has 41 heavy (non-hydrogen) atoms. The van der Waals surface area contributed by atoms with Crippen molar-refractivity contribution in [2.75, 3.05) is 13.1 Å². The van der Waals surface area contributed by atoms with Gasteiger partial charge in [0.25, 0.3) is 5.91 Å². The number of hydrogen-bond acceptors (Lipinski definition) is 5. The summed E-state index contributed by atoms with van der Waals surface area (Å²) >= 11 is 0. The van der Waals surface area contributed by atoms with Crippen molar-refractivity contribution >= 4 is 32.7 Å². The molecule has 0 radical (unpaired) electrons. The molecule has 1 fully saturated rings. The fraction of sp³-hybridized carbons (Fsp3) is 0.387. The second kappa shape index (κ2) is 13.6. The normalized spacial score (nSPS) is 14.7. The summed E-state index contributed by atoms with van der Waals surface area (Å²) < 4.78 is 29.4. The molecule has 3 amide bonds. The van der Waals surface area contributed by atoms with E-state index in [2.05, 4.69) is 16.2 Å². The van der Waals surface area contributed by atoms with Crippen LogP contribution in [0.25, 0.3) is 10.8 Å². The van der Waals surface area contributed by atoms with Gasteiger partial charge in [-0.1, -0.05) is 69.2 Å². The first-order chi connectivity index (χ1) is 19.7. The molecular weight excluding hydrogens is 538 g/mol. The second-order valence-corrected chi connectivity index (χ2v) is 12.6. The number of hydrazine groups is 1. The SMILES string of the molecule is CC(C)CC(NS(=O)(=O)c1ccc2ccccc2c1)C(=O)NN(Cc1ccc(C#N)cc1)C(=O)N1CCCCCC1. The van der Waals surface area contributed by atoms with E-state index in [9.17, 15) is 18.0 Å². The van der Waals surface area contributed by atoms with Crippen LogP contribution in [0.2, 0.25) is 0 Å². The topological polar surface area (TPSA) is 123 Å². The highest BCUT2D eigenvalue weighted by atomic mass is 32.2. The smallest absolute Gasteiger partial charge is 0.323 e. The van der Waals surface area contributed by atoms with Crippen LogP contribution in [0.15, 0.2) is 71.6 Å². The molecule has 1 heterocycles. The number of rotatable bonds is 8. The second-order valence-electron chi connectivity index (χ2n) is 10.9. The number of carbonyl (C=O) groups is 2. The molecule has 1 aliphatic heterocycles. The molecule has 0 aliphatic carbocycles. The number of carbonyl (C=O) groups excluding carboxylic acids is 2. The third-order valence-electron chi connectivity index (χ3n) is 7.13. The molecule has 3 aromatic carbocycles. The molecule has 4 rings (SSSR count). The van der Waals surface area contributed by atoms with Gasteiger partial charge < -0.3 is 4.90 Å². The van der Waals surface area contributed by atoms with E-state index in [1.54, 1.807) is 41.3 Å². The number of urea groups is 1. The predicted molar refractivity (Wildman–Crippen MR) is 158 cm³/mol. The van der Waals surface area contributed by atoms with Gasteiger partial charge in [-0.3, -0.25) is 10.2 Å². The molecule has 216 valence electrons. The Bertz CT molecular complexity index is 1510. The molecule has 0 bridgehead atoms. The Balaban J connectivity index is 1.58. The van der Waals surface area contributed by atoms with Crippen molar-refractivity contribution in [2.24, 2.45) is 5.92 Å². The van der Waals surface area contributed by atoms with Crippen molar-refractivity contribution in [3.8, 4) is 6.07 Å². The number of benzene rings is 3. The van der Waals surface area contributed by atoms with Crippen LogP contribution in [-0.4, -0.2) is 49.4 Å². The standard InChI is InChI=1S/C31H37N5O4S/c1-23(2)19-29(34-41(39,40)28-16-15-26-9-5-6-10-27(26)20-28)30(37)33-36(22-25-13-11-24(21-32)12-14-25)31(38)35-17-7-3-4-8-18-35/h5-6,9-16,20,23,29,34H,3-4,7-8,17-19,22H2,1-2H3,(H,33,37). The zero-order chi connectivity index (χ0) is 29.4. The fourth-order valence-corrected chi connectivity index (χ4v) is 6.18. The molecule has 3 aromatic rings. The van der Waals surface area contributed by atoms with Crippen LogP contribution in [0.3, 0.4) is 0 Å². The van der Waals surface area contributed by atoms with Crippen molar-refractivity contribution in [3.63, 3.8) is 0 Å². The first-order valence-electron chi connectivity index (χ1n) is 14.0. The van der Waals surface area contributed by atoms with Crippen molar-refractivity contribution in [1.82, 2.24) is 20.1 Å². The van der Waals surface area contributed by atoms with E-state index in [0.717, 1.165) is 42.0 Å². The summed E-state index contributed by atoms with van der Waals surface area (Å²) in [5, 5.41) is 12.1. The summed E-state index contributed by atoms with van der Waals surface area (Å²) in [6.45, 7) is 5.05. The lowest BCUT2D eigenvalue weighted by atomic mass is 10.0. The monoisotopic (exact) mass is 575 g/mol. The maximum absolute atomic E-state index is 13.7. The van der Waals surface area contributed by atoms with Crippen LogP contribution in [0, 0.1) is 17.2 Å². The average Bonchev–Trinajstić information content (AvgIpc) is 3.25. The van der Waals surface area contributed by atoms with E-state index in [1.165, 1.54) is 11.1 Å². The number of amides is 3. The van der Waals surface area contributed by atoms with Crippen LogP contribution in [0.1, 0.15) is 57.1 Å². The van der Waals surface area contributed by atoms with E-state index < -0.39 is 22.0 Å². The van der Waals surface area contributed by atoms with Gasteiger partial charge in [0.2, 0.25) is 10.0 Å². The predicted octanol–water partition coefficient (Wildman–Crippen LogP) is 4.93. The lowest BCUT2D eigenvalue weighted by Crippen LogP contribution is -2.57. The van der Waals surface area contributed by atoms with Gasteiger partial charge in [-0.05, 0) is 65.8 Å². The van der Waals surface area contributed by atoms with Crippen LogP contribution in [0.5, 0.6) is 0 Å². The number of nitrogens with one attached hydrogen (secondary N) is 2. The highest BCUT2D eigenvalue weighted by molar-refractivity contribution is 7.89. The molecule has 9 nitrogen and oxygen atoms in total. The maximum Gasteiger partial charge on any atom is 0.339 e. The summed E-state index contributed by atoms with van der Waals surface area (Å²) in [7, 11) is -4.04. The van der Waals surface area contributed by atoms with E-state index >= 15 is 0 Å². The molecule has 2 N–H and O–H groups in total. The number of nitriles is 1. The molecule has 0 spiro atoms. The van der Waals surface area contributed by atoms with E-state index in [-0.39, 0.29) is 29.8 Å². The maximum atomic E-state index is 13.7. The zero-order valence-electron chi connectivity index (χ0n) is 23.5. The molecule has 0 saturated carbocycles. The van der Waals surface area contributed by atoms with E-state index in [0.29, 0.717) is 18.7 Å². The molecule has 1 saturated heterocycles. The molecule has 0 aromatic heterocycles. The van der Waals surface area contributed by atoms with E-state index in [1.807, 2.05) is 38.1 Å². The van der Waals surface area contributed by atoms with Crippen molar-refractivity contribution < 1.29 is 18.0 Å². The van der Waals surface area contributed by atoms with Crippen LogP contribution in [0.4, 0.5) is 4.79 Å². The fourth-order valence-electron chi connectivity index (χ4n) is 4.94.